The normalized spacial score (nSPS) is 22.5. The van der Waals surface area contributed by atoms with Crippen LogP contribution in [-0.2, 0) is 11.2 Å². The van der Waals surface area contributed by atoms with Gasteiger partial charge in [-0.05, 0) is 43.0 Å². The molecule has 2 unspecified atom stereocenters. The van der Waals surface area contributed by atoms with Crippen molar-refractivity contribution in [3.8, 4) is 0 Å². The van der Waals surface area contributed by atoms with E-state index in [1.165, 1.54) is 12.1 Å². The van der Waals surface area contributed by atoms with Crippen LogP contribution in [0.3, 0.4) is 0 Å². The largest absolute Gasteiger partial charge is 0.342 e. The Hall–Kier alpha value is -1.42. The maximum absolute atomic E-state index is 12.8. The number of carbonyl (C=O) groups excluding carboxylic acids is 1. The number of hydrogen-bond donors (Lipinski definition) is 1. The van der Waals surface area contributed by atoms with Crippen LogP contribution in [0.1, 0.15) is 24.8 Å². The Labute approximate surface area is 113 Å². The van der Waals surface area contributed by atoms with E-state index >= 15 is 0 Å². The number of nitrogens with two attached hydrogens (primary N) is 1. The number of halogens is 1. The number of rotatable bonds is 4. The number of carbonyl (C=O) groups is 1. The fourth-order valence-electron chi connectivity index (χ4n) is 2.89. The summed E-state index contributed by atoms with van der Waals surface area (Å²) >= 11 is 0. The minimum Gasteiger partial charge on any atom is -0.342 e. The van der Waals surface area contributed by atoms with Gasteiger partial charge in [-0.2, -0.15) is 0 Å². The Kier molecular flexibility index (Phi) is 4.53. The fourth-order valence-corrected chi connectivity index (χ4v) is 2.89. The van der Waals surface area contributed by atoms with Gasteiger partial charge in [-0.15, -0.1) is 0 Å². The molecular weight excluding hydrogens is 243 g/mol. The molecule has 0 aromatic heterocycles. The first-order valence-electron chi connectivity index (χ1n) is 6.82. The average molecular weight is 264 g/mol. The van der Waals surface area contributed by atoms with E-state index in [9.17, 15) is 9.18 Å². The van der Waals surface area contributed by atoms with Crippen molar-refractivity contribution in [3.63, 3.8) is 0 Å². The standard InChI is InChI=1S/C15H21FN2O/c1-18(14-4-2-3-12(14)10-17)15(19)9-11-5-7-13(16)8-6-11/h5-8,12,14H,2-4,9-10,17H2,1H3. The SMILES string of the molecule is CN(C(=O)Cc1ccc(F)cc1)C1CCCC1CN. The van der Waals surface area contributed by atoms with E-state index in [0.717, 1.165) is 24.8 Å². The molecule has 1 fully saturated rings. The second-order valence-electron chi connectivity index (χ2n) is 5.30. The van der Waals surface area contributed by atoms with Crippen molar-refractivity contribution >= 4 is 5.91 Å². The summed E-state index contributed by atoms with van der Waals surface area (Å²) in [5.74, 6) is 0.225. The molecule has 104 valence electrons. The van der Waals surface area contributed by atoms with Gasteiger partial charge in [0.25, 0.3) is 0 Å². The number of amides is 1. The Morgan fingerprint density at radius 3 is 2.68 bits per heavy atom. The Morgan fingerprint density at radius 2 is 2.05 bits per heavy atom. The first-order valence-corrected chi connectivity index (χ1v) is 6.82. The van der Waals surface area contributed by atoms with E-state index in [4.69, 9.17) is 5.73 Å². The quantitative estimate of drug-likeness (QED) is 0.903. The summed E-state index contributed by atoms with van der Waals surface area (Å²) in [5.41, 5.74) is 6.60. The van der Waals surface area contributed by atoms with Gasteiger partial charge in [0.1, 0.15) is 5.82 Å². The monoisotopic (exact) mass is 264 g/mol. The lowest BCUT2D eigenvalue weighted by molar-refractivity contribution is -0.131. The molecule has 0 saturated heterocycles. The molecule has 0 heterocycles. The van der Waals surface area contributed by atoms with E-state index in [2.05, 4.69) is 0 Å². The van der Waals surface area contributed by atoms with Crippen molar-refractivity contribution in [2.75, 3.05) is 13.6 Å². The average Bonchev–Trinajstić information content (AvgIpc) is 2.88. The highest BCUT2D eigenvalue weighted by Crippen LogP contribution is 2.28. The highest BCUT2D eigenvalue weighted by molar-refractivity contribution is 5.78. The van der Waals surface area contributed by atoms with E-state index in [1.807, 2.05) is 11.9 Å². The summed E-state index contributed by atoms with van der Waals surface area (Å²) < 4.78 is 12.8. The van der Waals surface area contributed by atoms with Crippen molar-refractivity contribution in [1.29, 1.82) is 0 Å². The lowest BCUT2D eigenvalue weighted by atomic mass is 10.0. The van der Waals surface area contributed by atoms with Crippen molar-refractivity contribution in [1.82, 2.24) is 4.90 Å². The van der Waals surface area contributed by atoms with E-state index in [0.29, 0.717) is 18.9 Å². The molecule has 1 saturated carbocycles. The molecule has 1 aliphatic rings. The second-order valence-corrected chi connectivity index (χ2v) is 5.30. The number of hydrogen-bond acceptors (Lipinski definition) is 2. The van der Waals surface area contributed by atoms with Crippen molar-refractivity contribution in [2.24, 2.45) is 11.7 Å². The highest BCUT2D eigenvalue weighted by Gasteiger charge is 2.31. The Balaban J connectivity index is 1.97. The zero-order valence-electron chi connectivity index (χ0n) is 11.3. The number of benzene rings is 1. The van der Waals surface area contributed by atoms with Gasteiger partial charge in [-0.25, -0.2) is 4.39 Å². The Bertz CT molecular complexity index is 432. The van der Waals surface area contributed by atoms with Crippen molar-refractivity contribution in [3.05, 3.63) is 35.6 Å². The zero-order valence-corrected chi connectivity index (χ0v) is 11.3. The molecule has 3 nitrogen and oxygen atoms in total. The summed E-state index contributed by atoms with van der Waals surface area (Å²) in [6.45, 7) is 0.638. The topological polar surface area (TPSA) is 46.3 Å². The van der Waals surface area contributed by atoms with Gasteiger partial charge in [0, 0.05) is 13.1 Å². The van der Waals surface area contributed by atoms with Crippen LogP contribution in [0.4, 0.5) is 4.39 Å². The van der Waals surface area contributed by atoms with Crippen molar-refractivity contribution in [2.45, 2.75) is 31.7 Å². The van der Waals surface area contributed by atoms with Crippen LogP contribution >= 0.6 is 0 Å². The van der Waals surface area contributed by atoms with E-state index < -0.39 is 0 Å². The lowest BCUT2D eigenvalue weighted by Gasteiger charge is -2.29. The second kappa shape index (κ2) is 6.15. The maximum Gasteiger partial charge on any atom is 0.226 e. The van der Waals surface area contributed by atoms with E-state index in [1.54, 1.807) is 12.1 Å². The summed E-state index contributed by atoms with van der Waals surface area (Å²) in [6.07, 6.45) is 3.61. The number of nitrogens with zero attached hydrogens (tertiary/aromatic N) is 1. The minimum atomic E-state index is -0.274. The summed E-state index contributed by atoms with van der Waals surface area (Å²) in [4.78, 5) is 14.1. The van der Waals surface area contributed by atoms with E-state index in [-0.39, 0.29) is 17.8 Å². The molecule has 0 bridgehead atoms. The predicted octanol–water partition coefficient (Wildman–Crippen LogP) is 1.95. The third-order valence-corrected chi connectivity index (χ3v) is 4.08. The van der Waals surface area contributed by atoms with Crippen LogP contribution in [0.15, 0.2) is 24.3 Å². The van der Waals surface area contributed by atoms with Crippen LogP contribution in [-0.4, -0.2) is 30.4 Å². The lowest BCUT2D eigenvalue weighted by Crippen LogP contribution is -2.42. The molecule has 1 aromatic carbocycles. The van der Waals surface area contributed by atoms with Gasteiger partial charge < -0.3 is 10.6 Å². The molecule has 0 aliphatic heterocycles. The van der Waals surface area contributed by atoms with Gasteiger partial charge in [0.2, 0.25) is 5.91 Å². The number of likely N-dealkylation sites (N-methyl/N-ethyl adjacent to an activating group) is 1. The molecule has 2 rings (SSSR count). The van der Waals surface area contributed by atoms with Crippen LogP contribution < -0.4 is 5.73 Å². The van der Waals surface area contributed by atoms with Gasteiger partial charge in [-0.1, -0.05) is 18.6 Å². The molecule has 2 N–H and O–H groups in total. The van der Waals surface area contributed by atoms with Crippen LogP contribution in [0.5, 0.6) is 0 Å². The van der Waals surface area contributed by atoms with Crippen LogP contribution in [0.2, 0.25) is 0 Å². The van der Waals surface area contributed by atoms with Gasteiger partial charge in [-0.3, -0.25) is 4.79 Å². The van der Waals surface area contributed by atoms with Crippen molar-refractivity contribution < 1.29 is 9.18 Å². The smallest absolute Gasteiger partial charge is 0.226 e. The molecular formula is C15H21FN2O. The molecule has 2 atom stereocenters. The Morgan fingerprint density at radius 1 is 1.37 bits per heavy atom. The zero-order chi connectivity index (χ0) is 13.8. The molecule has 19 heavy (non-hydrogen) atoms. The third kappa shape index (κ3) is 3.32. The highest BCUT2D eigenvalue weighted by atomic mass is 19.1. The molecule has 4 heteroatoms. The minimum absolute atomic E-state index is 0.0805. The summed E-state index contributed by atoms with van der Waals surface area (Å²) in [6, 6.07) is 6.37. The first-order chi connectivity index (χ1) is 9.11. The molecule has 1 aromatic rings. The van der Waals surface area contributed by atoms with Gasteiger partial charge >= 0.3 is 0 Å². The summed E-state index contributed by atoms with van der Waals surface area (Å²) in [5, 5.41) is 0. The van der Waals surface area contributed by atoms with Crippen LogP contribution in [0.25, 0.3) is 0 Å². The first kappa shape index (κ1) is 14.0. The maximum atomic E-state index is 12.8. The summed E-state index contributed by atoms with van der Waals surface area (Å²) in [7, 11) is 1.85. The molecule has 1 amide bonds. The van der Waals surface area contributed by atoms with Gasteiger partial charge in [0.15, 0.2) is 0 Å². The molecule has 1 aliphatic carbocycles. The van der Waals surface area contributed by atoms with Crippen LogP contribution in [0, 0.1) is 11.7 Å². The van der Waals surface area contributed by atoms with Gasteiger partial charge in [0.05, 0.1) is 6.42 Å². The third-order valence-electron chi connectivity index (χ3n) is 4.08. The predicted molar refractivity (Wildman–Crippen MR) is 73.1 cm³/mol. The molecule has 0 radical (unpaired) electrons. The fraction of sp³-hybridized carbons (Fsp3) is 0.533. The molecule has 0 spiro atoms.